The van der Waals surface area contributed by atoms with Crippen LogP contribution in [0.25, 0.3) is 0 Å². The maximum atomic E-state index is 12.7. The minimum Gasteiger partial charge on any atom is -0.496 e. The molecule has 1 fully saturated rings. The van der Waals surface area contributed by atoms with E-state index in [1.54, 1.807) is 13.8 Å². The summed E-state index contributed by atoms with van der Waals surface area (Å²) in [6, 6.07) is 4.26. The summed E-state index contributed by atoms with van der Waals surface area (Å²) in [5.41, 5.74) is 0.154. The van der Waals surface area contributed by atoms with Gasteiger partial charge in [-0.1, -0.05) is 13.8 Å². The molecule has 27 heavy (non-hydrogen) atoms. The van der Waals surface area contributed by atoms with Crippen LogP contribution in [0.2, 0.25) is 0 Å². The second-order valence-electron chi connectivity index (χ2n) is 6.15. The number of β-amino-alcohol motifs (C(OH)–C–C–N with tert-alkyl or cyclic N) is 1. The van der Waals surface area contributed by atoms with E-state index in [9.17, 15) is 18.3 Å². The summed E-state index contributed by atoms with van der Waals surface area (Å²) in [4.78, 5) is 12.6. The lowest BCUT2D eigenvalue weighted by Gasteiger charge is -2.20. The molecule has 154 valence electrons. The first-order valence-corrected chi connectivity index (χ1v) is 10.1. The van der Waals surface area contributed by atoms with Crippen molar-refractivity contribution < 1.29 is 23.1 Å². The number of amides is 1. The van der Waals surface area contributed by atoms with Crippen molar-refractivity contribution in [1.29, 1.82) is 0 Å². The summed E-state index contributed by atoms with van der Waals surface area (Å²) in [5.74, 6) is -0.212. The Labute approximate surface area is 166 Å². The number of aliphatic hydroxyl groups is 1. The molecule has 0 spiro atoms. The largest absolute Gasteiger partial charge is 0.496 e. The van der Waals surface area contributed by atoms with E-state index in [0.29, 0.717) is 38.5 Å². The van der Waals surface area contributed by atoms with Gasteiger partial charge in [-0.05, 0) is 18.2 Å². The molecule has 1 heterocycles. The molecular weight excluding hydrogens is 394 g/mol. The average Bonchev–Trinajstić information content (AvgIpc) is 3.04. The molecule has 0 radical (unpaired) electrons. The van der Waals surface area contributed by atoms with Gasteiger partial charge in [0.25, 0.3) is 5.91 Å². The molecule has 3 N–H and O–H groups in total. The number of sulfonamides is 1. The molecule has 10 heteroatoms. The van der Waals surface area contributed by atoms with Crippen LogP contribution < -0.4 is 15.4 Å². The second-order valence-corrected chi connectivity index (χ2v) is 8.09. The number of nitrogens with one attached hydrogen (secondary N) is 2. The molecule has 2 rings (SSSR count). The number of halogens is 1. The number of nitrogens with zero attached hydrogens (tertiary/aromatic N) is 1. The summed E-state index contributed by atoms with van der Waals surface area (Å²) in [5, 5.41) is 15.6. The molecule has 1 aliphatic heterocycles. The molecule has 0 bridgehead atoms. The Morgan fingerprint density at radius 1 is 1.33 bits per heavy atom. The third-order valence-corrected chi connectivity index (χ3v) is 6.63. The standard InChI is InChI=1S/C17H27N3O5S.ClH/c1-4-20(5-2)26(23,24)13-6-7-16(25-3)14(8-13)17(22)19-10-12-9-18-11-15(12)21;/h6-8,12,15,18,21H,4-5,9-11H2,1-3H3,(H,19,22);1H. The fraction of sp³-hybridized carbons (Fsp3) is 0.588. The zero-order chi connectivity index (χ0) is 19.3. The zero-order valence-corrected chi connectivity index (χ0v) is 17.4. The van der Waals surface area contributed by atoms with Gasteiger partial charge >= 0.3 is 0 Å². The Hall–Kier alpha value is -1.39. The van der Waals surface area contributed by atoms with Crippen LogP contribution in [-0.2, 0) is 10.0 Å². The SMILES string of the molecule is CCN(CC)S(=O)(=O)c1ccc(OC)c(C(=O)NCC2CNCC2O)c1.Cl. The van der Waals surface area contributed by atoms with Crippen LogP contribution in [0.5, 0.6) is 5.75 Å². The number of aliphatic hydroxyl groups excluding tert-OH is 1. The van der Waals surface area contributed by atoms with E-state index in [0.717, 1.165) is 0 Å². The highest BCUT2D eigenvalue weighted by Crippen LogP contribution is 2.24. The maximum Gasteiger partial charge on any atom is 0.255 e. The van der Waals surface area contributed by atoms with E-state index >= 15 is 0 Å². The number of carbonyl (C=O) groups is 1. The number of hydrogen-bond donors (Lipinski definition) is 3. The Morgan fingerprint density at radius 2 is 2.00 bits per heavy atom. The number of benzene rings is 1. The van der Waals surface area contributed by atoms with E-state index in [1.165, 1.54) is 29.6 Å². The van der Waals surface area contributed by atoms with E-state index < -0.39 is 22.0 Å². The molecule has 0 aliphatic carbocycles. The minimum absolute atomic E-state index is 0. The Morgan fingerprint density at radius 3 is 2.52 bits per heavy atom. The van der Waals surface area contributed by atoms with Crippen molar-refractivity contribution in [3.8, 4) is 5.75 Å². The van der Waals surface area contributed by atoms with Gasteiger partial charge in [0.05, 0.1) is 23.7 Å². The van der Waals surface area contributed by atoms with E-state index in [-0.39, 0.29) is 28.8 Å². The predicted molar refractivity (Wildman–Crippen MR) is 105 cm³/mol. The van der Waals surface area contributed by atoms with Crippen LogP contribution in [0.1, 0.15) is 24.2 Å². The number of methoxy groups -OCH3 is 1. The van der Waals surface area contributed by atoms with Gasteiger partial charge in [-0.15, -0.1) is 12.4 Å². The lowest BCUT2D eigenvalue weighted by molar-refractivity contribution is 0.0924. The summed E-state index contributed by atoms with van der Waals surface area (Å²) in [7, 11) is -2.25. The molecule has 8 nitrogen and oxygen atoms in total. The summed E-state index contributed by atoms with van der Waals surface area (Å²) in [6.07, 6.45) is -0.508. The molecule has 2 unspecified atom stereocenters. The van der Waals surface area contributed by atoms with Crippen molar-refractivity contribution in [2.75, 3.05) is 39.8 Å². The first-order valence-electron chi connectivity index (χ1n) is 8.70. The third-order valence-electron chi connectivity index (χ3n) is 4.59. The molecule has 0 aromatic heterocycles. The quantitative estimate of drug-likeness (QED) is 0.562. The lowest BCUT2D eigenvalue weighted by atomic mass is 10.1. The van der Waals surface area contributed by atoms with Gasteiger partial charge in [-0.25, -0.2) is 8.42 Å². The van der Waals surface area contributed by atoms with Gasteiger partial charge in [0, 0.05) is 38.6 Å². The van der Waals surface area contributed by atoms with Crippen LogP contribution in [0, 0.1) is 5.92 Å². The Kier molecular flexibility index (Phi) is 8.97. The Bertz CT molecular complexity index is 740. The number of rotatable bonds is 8. The molecule has 1 amide bonds. The van der Waals surface area contributed by atoms with Gasteiger partial charge < -0.3 is 20.5 Å². The van der Waals surface area contributed by atoms with E-state index in [4.69, 9.17) is 4.74 Å². The van der Waals surface area contributed by atoms with Crippen LogP contribution in [-0.4, -0.2) is 69.7 Å². The number of hydrogen-bond acceptors (Lipinski definition) is 6. The van der Waals surface area contributed by atoms with Gasteiger partial charge in [0.15, 0.2) is 0 Å². The van der Waals surface area contributed by atoms with Gasteiger partial charge in [0.2, 0.25) is 10.0 Å². The molecule has 1 aromatic rings. The first kappa shape index (κ1) is 23.6. The topological polar surface area (TPSA) is 108 Å². The van der Waals surface area contributed by atoms with Crippen molar-refractivity contribution in [3.05, 3.63) is 23.8 Å². The normalized spacial score (nSPS) is 19.6. The molecule has 1 aromatic carbocycles. The summed E-state index contributed by atoms with van der Waals surface area (Å²) >= 11 is 0. The first-order chi connectivity index (χ1) is 12.3. The lowest BCUT2D eigenvalue weighted by Crippen LogP contribution is -2.35. The predicted octanol–water partition coefficient (Wildman–Crippen LogP) is 0.458. The fourth-order valence-corrected chi connectivity index (χ4v) is 4.47. The van der Waals surface area contributed by atoms with Crippen LogP contribution in [0.4, 0.5) is 0 Å². The molecule has 1 saturated heterocycles. The van der Waals surface area contributed by atoms with Crippen molar-refractivity contribution >= 4 is 28.3 Å². The highest BCUT2D eigenvalue weighted by atomic mass is 35.5. The monoisotopic (exact) mass is 421 g/mol. The number of ether oxygens (including phenoxy) is 1. The van der Waals surface area contributed by atoms with Crippen molar-refractivity contribution in [3.63, 3.8) is 0 Å². The zero-order valence-electron chi connectivity index (χ0n) is 15.8. The second kappa shape index (κ2) is 10.2. The fourth-order valence-electron chi connectivity index (χ4n) is 2.98. The van der Waals surface area contributed by atoms with Gasteiger partial charge in [-0.3, -0.25) is 4.79 Å². The van der Waals surface area contributed by atoms with E-state index in [1.807, 2.05) is 0 Å². The van der Waals surface area contributed by atoms with Crippen molar-refractivity contribution in [2.24, 2.45) is 5.92 Å². The van der Waals surface area contributed by atoms with E-state index in [2.05, 4.69) is 10.6 Å². The van der Waals surface area contributed by atoms with Crippen molar-refractivity contribution in [1.82, 2.24) is 14.9 Å². The highest BCUT2D eigenvalue weighted by molar-refractivity contribution is 7.89. The van der Waals surface area contributed by atoms with Gasteiger partial charge in [-0.2, -0.15) is 4.31 Å². The van der Waals surface area contributed by atoms with Crippen LogP contribution in [0.3, 0.4) is 0 Å². The minimum atomic E-state index is -3.67. The Balaban J connectivity index is 0.00000364. The smallest absolute Gasteiger partial charge is 0.255 e. The molecule has 0 saturated carbocycles. The van der Waals surface area contributed by atoms with Crippen molar-refractivity contribution in [2.45, 2.75) is 24.8 Å². The summed E-state index contributed by atoms with van der Waals surface area (Å²) in [6.45, 7) is 5.63. The molecular formula is C17H28ClN3O5S. The number of carbonyl (C=O) groups excluding carboxylic acids is 1. The van der Waals surface area contributed by atoms with Crippen LogP contribution >= 0.6 is 12.4 Å². The molecule has 1 aliphatic rings. The third kappa shape index (κ3) is 5.32. The van der Waals surface area contributed by atoms with Gasteiger partial charge in [0.1, 0.15) is 5.75 Å². The van der Waals surface area contributed by atoms with Crippen LogP contribution in [0.15, 0.2) is 23.1 Å². The molecule has 2 atom stereocenters. The average molecular weight is 422 g/mol. The maximum absolute atomic E-state index is 12.7. The highest BCUT2D eigenvalue weighted by Gasteiger charge is 2.27. The summed E-state index contributed by atoms with van der Waals surface area (Å²) < 4.78 is 31.9.